The van der Waals surface area contributed by atoms with E-state index >= 15 is 0 Å². The van der Waals surface area contributed by atoms with Crippen LogP contribution in [0, 0.1) is 28.5 Å². The van der Waals surface area contributed by atoms with Crippen LogP contribution in [0.15, 0.2) is 39.7 Å². The quantitative estimate of drug-likeness (QED) is 0.793. The van der Waals surface area contributed by atoms with Gasteiger partial charge < -0.3 is 4.74 Å². The van der Waals surface area contributed by atoms with E-state index in [0.717, 1.165) is 18.4 Å². The summed E-state index contributed by atoms with van der Waals surface area (Å²) in [5.41, 5.74) is -0.0358. The molecule has 8 heteroatoms. The first-order valence-corrected chi connectivity index (χ1v) is 8.76. The molecule has 0 saturated carbocycles. The predicted molar refractivity (Wildman–Crippen MR) is 83.2 cm³/mol. The Morgan fingerprint density at radius 1 is 1.17 bits per heavy atom. The number of rotatable bonds is 3. The average molecular weight is 395 g/mol. The lowest BCUT2D eigenvalue weighted by Gasteiger charge is -2.11. The molecule has 0 radical (unpaired) electrons. The van der Waals surface area contributed by atoms with Gasteiger partial charge in [0.15, 0.2) is 9.84 Å². The Hall–Kier alpha value is -2.42. The lowest BCUT2D eigenvalue weighted by molar-refractivity contribution is 0.473. The number of hydrogen-bond acceptors (Lipinski definition) is 5. The molecule has 0 aliphatic heterocycles. The van der Waals surface area contributed by atoms with Crippen LogP contribution in [-0.2, 0) is 9.84 Å². The molecule has 0 heterocycles. The maximum atomic E-state index is 13.4. The highest BCUT2D eigenvalue weighted by atomic mass is 79.9. The fourth-order valence-corrected chi connectivity index (χ4v) is 3.32. The third-order valence-electron chi connectivity index (χ3n) is 2.81. The Kier molecular flexibility index (Phi) is 4.69. The predicted octanol–water partition coefficient (Wildman–Crippen LogP) is 3.53. The lowest BCUT2D eigenvalue weighted by Crippen LogP contribution is -2.02. The molecule has 0 fully saturated rings. The van der Waals surface area contributed by atoms with Crippen LogP contribution in [0.1, 0.15) is 11.1 Å². The van der Waals surface area contributed by atoms with Gasteiger partial charge in [0.1, 0.15) is 23.4 Å². The molecule has 0 amide bonds. The smallest absolute Gasteiger partial charge is 0.176 e. The van der Waals surface area contributed by atoms with Crippen LogP contribution in [0.4, 0.5) is 4.39 Å². The van der Waals surface area contributed by atoms with Crippen molar-refractivity contribution in [2.45, 2.75) is 4.90 Å². The van der Waals surface area contributed by atoms with E-state index in [1.54, 1.807) is 12.1 Å². The number of sulfone groups is 1. The van der Waals surface area contributed by atoms with E-state index in [2.05, 4.69) is 15.9 Å². The Bertz CT molecular complexity index is 975. The fraction of sp³-hybridized carbons (Fsp3) is 0.0667. The monoisotopic (exact) mass is 394 g/mol. The minimum absolute atomic E-state index is 0.0539. The lowest BCUT2D eigenvalue weighted by atomic mass is 10.2. The Morgan fingerprint density at radius 3 is 2.43 bits per heavy atom. The van der Waals surface area contributed by atoms with Crippen molar-refractivity contribution in [2.24, 2.45) is 0 Å². The molecule has 116 valence electrons. The van der Waals surface area contributed by atoms with Crippen LogP contribution < -0.4 is 4.74 Å². The number of nitriles is 2. The molecule has 0 unspecified atom stereocenters. The SMILES string of the molecule is CS(=O)(=O)c1ccc(Oc2cc(F)cc(C#N)c2)c(Br)c1C#N. The van der Waals surface area contributed by atoms with Crippen molar-refractivity contribution < 1.29 is 17.5 Å². The van der Waals surface area contributed by atoms with Crippen LogP contribution in [0.25, 0.3) is 0 Å². The number of benzene rings is 2. The summed E-state index contributed by atoms with van der Waals surface area (Å²) in [4.78, 5) is -0.142. The van der Waals surface area contributed by atoms with Gasteiger partial charge in [-0.2, -0.15) is 10.5 Å². The number of nitrogens with zero attached hydrogens (tertiary/aromatic N) is 2. The Morgan fingerprint density at radius 2 is 1.87 bits per heavy atom. The molecule has 0 bridgehead atoms. The van der Waals surface area contributed by atoms with Crippen LogP contribution in [0.3, 0.4) is 0 Å². The molecule has 0 spiro atoms. The van der Waals surface area contributed by atoms with E-state index in [0.29, 0.717) is 0 Å². The van der Waals surface area contributed by atoms with Gasteiger partial charge in [-0.1, -0.05) is 0 Å². The van der Waals surface area contributed by atoms with Crippen LogP contribution >= 0.6 is 15.9 Å². The third kappa shape index (κ3) is 3.67. The third-order valence-corrected chi connectivity index (χ3v) is 4.73. The second kappa shape index (κ2) is 6.37. The molecule has 5 nitrogen and oxygen atoms in total. The van der Waals surface area contributed by atoms with Gasteiger partial charge in [-0.15, -0.1) is 0 Å². The summed E-state index contributed by atoms with van der Waals surface area (Å²) < 4.78 is 42.3. The molecule has 23 heavy (non-hydrogen) atoms. The first-order valence-electron chi connectivity index (χ1n) is 6.07. The summed E-state index contributed by atoms with van der Waals surface area (Å²) in [6, 6.07) is 9.62. The highest BCUT2D eigenvalue weighted by Gasteiger charge is 2.19. The fourth-order valence-electron chi connectivity index (χ4n) is 1.84. The van der Waals surface area contributed by atoms with Crippen LogP contribution in [0.2, 0.25) is 0 Å². The van der Waals surface area contributed by atoms with E-state index in [-0.39, 0.29) is 32.0 Å². The van der Waals surface area contributed by atoms with Gasteiger partial charge in [0.2, 0.25) is 0 Å². The van der Waals surface area contributed by atoms with Crippen molar-refractivity contribution >= 4 is 25.8 Å². The molecule has 0 saturated heterocycles. The second-order valence-electron chi connectivity index (χ2n) is 4.52. The van der Waals surface area contributed by atoms with Crippen molar-refractivity contribution in [2.75, 3.05) is 6.26 Å². The maximum absolute atomic E-state index is 13.4. The summed E-state index contributed by atoms with van der Waals surface area (Å²) in [6.45, 7) is 0. The maximum Gasteiger partial charge on any atom is 0.176 e. The molecule has 2 rings (SSSR count). The normalized spacial score (nSPS) is 10.7. The van der Waals surface area contributed by atoms with Gasteiger partial charge in [-0.05, 0) is 40.2 Å². The summed E-state index contributed by atoms with van der Waals surface area (Å²) >= 11 is 3.13. The standard InChI is InChI=1S/C15H8BrFN2O3S/c1-23(20,21)14-3-2-13(15(16)12(14)8-19)22-11-5-9(7-18)4-10(17)6-11/h2-6H,1H3. The Labute approximate surface area is 140 Å². The van der Waals surface area contributed by atoms with Crippen molar-refractivity contribution in [3.05, 3.63) is 51.7 Å². The number of ether oxygens (including phenoxy) is 1. The summed E-state index contributed by atoms with van der Waals surface area (Å²) in [7, 11) is -3.59. The average Bonchev–Trinajstić information content (AvgIpc) is 2.47. The summed E-state index contributed by atoms with van der Waals surface area (Å²) in [5.74, 6) is -0.467. The van der Waals surface area contributed by atoms with Gasteiger partial charge in [-0.3, -0.25) is 0 Å². The second-order valence-corrected chi connectivity index (χ2v) is 7.30. The zero-order valence-corrected chi connectivity index (χ0v) is 14.1. The van der Waals surface area contributed by atoms with Gasteiger partial charge >= 0.3 is 0 Å². The van der Waals surface area contributed by atoms with Crippen molar-refractivity contribution in [1.82, 2.24) is 0 Å². The Balaban J connectivity index is 2.53. The van der Waals surface area contributed by atoms with E-state index in [4.69, 9.17) is 10.00 Å². The molecule has 0 aliphatic carbocycles. The molecule has 0 aromatic heterocycles. The van der Waals surface area contributed by atoms with E-state index in [1.807, 2.05) is 0 Å². The zero-order chi connectivity index (χ0) is 17.2. The molecule has 0 atom stereocenters. The minimum atomic E-state index is -3.59. The first kappa shape index (κ1) is 16.9. The van der Waals surface area contributed by atoms with Crippen molar-refractivity contribution in [1.29, 1.82) is 10.5 Å². The first-order chi connectivity index (χ1) is 10.8. The largest absolute Gasteiger partial charge is 0.456 e. The van der Waals surface area contributed by atoms with Gasteiger partial charge in [-0.25, -0.2) is 12.8 Å². The summed E-state index contributed by atoms with van der Waals surface area (Å²) in [5, 5.41) is 18.0. The molecule has 2 aromatic rings. The minimum Gasteiger partial charge on any atom is -0.456 e. The molecule has 0 aliphatic rings. The van der Waals surface area contributed by atoms with Crippen LogP contribution in [0.5, 0.6) is 11.5 Å². The highest BCUT2D eigenvalue weighted by Crippen LogP contribution is 2.36. The highest BCUT2D eigenvalue weighted by molar-refractivity contribution is 9.10. The van der Waals surface area contributed by atoms with E-state index in [9.17, 15) is 18.1 Å². The summed E-state index contributed by atoms with van der Waals surface area (Å²) in [6.07, 6.45) is 0.988. The van der Waals surface area contributed by atoms with Gasteiger partial charge in [0.25, 0.3) is 0 Å². The molecular weight excluding hydrogens is 387 g/mol. The van der Waals surface area contributed by atoms with Gasteiger partial charge in [0.05, 0.1) is 26.6 Å². The van der Waals surface area contributed by atoms with Crippen molar-refractivity contribution in [3.63, 3.8) is 0 Å². The van der Waals surface area contributed by atoms with Crippen molar-refractivity contribution in [3.8, 4) is 23.6 Å². The topological polar surface area (TPSA) is 90.9 Å². The van der Waals surface area contributed by atoms with E-state index in [1.165, 1.54) is 18.2 Å². The zero-order valence-electron chi connectivity index (χ0n) is 11.7. The van der Waals surface area contributed by atoms with Gasteiger partial charge in [0, 0.05) is 12.3 Å². The van der Waals surface area contributed by atoms with Crippen LogP contribution in [-0.4, -0.2) is 14.7 Å². The number of halogens is 2. The van der Waals surface area contributed by atoms with E-state index < -0.39 is 15.7 Å². The molecular formula is C15H8BrFN2O3S. The number of hydrogen-bond donors (Lipinski definition) is 0. The molecule has 0 N–H and O–H groups in total. The molecule has 2 aromatic carbocycles.